The van der Waals surface area contributed by atoms with E-state index >= 15 is 0 Å². The molecule has 0 unspecified atom stereocenters. The summed E-state index contributed by atoms with van der Waals surface area (Å²) in [4.78, 5) is 38.0. The van der Waals surface area contributed by atoms with Crippen LogP contribution in [0.2, 0.25) is 0 Å². The minimum absolute atomic E-state index is 0.102. The van der Waals surface area contributed by atoms with E-state index in [1.165, 1.54) is 6.26 Å². The first-order chi connectivity index (χ1) is 15.1. The molecule has 0 radical (unpaired) electrons. The van der Waals surface area contributed by atoms with Gasteiger partial charge < -0.3 is 20.0 Å². The van der Waals surface area contributed by atoms with Crippen molar-refractivity contribution in [2.75, 3.05) is 16.8 Å². The number of hydrogen-bond donors (Lipinski definition) is 2. The minimum Gasteiger partial charge on any atom is -0.459 e. The number of nitrogens with one attached hydrogen (secondary N) is 2. The van der Waals surface area contributed by atoms with Crippen LogP contribution in [0.3, 0.4) is 0 Å². The zero-order valence-corrected chi connectivity index (χ0v) is 17.0. The number of benzene rings is 2. The van der Waals surface area contributed by atoms with Crippen molar-refractivity contribution < 1.29 is 18.8 Å². The van der Waals surface area contributed by atoms with E-state index in [4.69, 9.17) is 4.42 Å². The Morgan fingerprint density at radius 3 is 2.55 bits per heavy atom. The molecule has 0 bridgehead atoms. The van der Waals surface area contributed by atoms with Crippen LogP contribution < -0.4 is 15.5 Å². The fraction of sp³-hybridized carbons (Fsp3) is 0.208. The smallest absolute Gasteiger partial charge is 0.291 e. The van der Waals surface area contributed by atoms with Gasteiger partial charge in [-0.15, -0.1) is 0 Å². The normalized spacial score (nSPS) is 13.3. The van der Waals surface area contributed by atoms with Gasteiger partial charge in [-0.3, -0.25) is 14.4 Å². The predicted molar refractivity (Wildman–Crippen MR) is 117 cm³/mol. The second-order valence-electron chi connectivity index (χ2n) is 7.40. The molecule has 3 aromatic rings. The minimum atomic E-state index is -0.328. The van der Waals surface area contributed by atoms with Crippen LogP contribution in [0.25, 0.3) is 0 Å². The van der Waals surface area contributed by atoms with E-state index in [1.54, 1.807) is 23.1 Å². The van der Waals surface area contributed by atoms with Crippen molar-refractivity contribution in [3.05, 3.63) is 83.8 Å². The molecule has 1 fully saturated rings. The van der Waals surface area contributed by atoms with E-state index in [1.807, 2.05) is 42.5 Å². The number of hydrogen-bond acceptors (Lipinski definition) is 4. The van der Waals surface area contributed by atoms with Crippen LogP contribution in [-0.4, -0.2) is 24.3 Å². The average Bonchev–Trinajstić information content (AvgIpc) is 3.45. The topological polar surface area (TPSA) is 91.7 Å². The summed E-state index contributed by atoms with van der Waals surface area (Å²) < 4.78 is 5.09. The molecule has 3 amide bonds. The Kier molecular flexibility index (Phi) is 6.12. The number of carbonyl (C=O) groups excluding carboxylic acids is 3. The number of nitrogens with zero attached hydrogens (tertiary/aromatic N) is 1. The van der Waals surface area contributed by atoms with Crippen molar-refractivity contribution in [2.45, 2.75) is 25.8 Å². The van der Waals surface area contributed by atoms with Gasteiger partial charge in [-0.1, -0.05) is 24.3 Å². The second kappa shape index (κ2) is 9.30. The molecular weight excluding hydrogens is 394 g/mol. The molecule has 2 heterocycles. The van der Waals surface area contributed by atoms with Crippen molar-refractivity contribution in [2.24, 2.45) is 0 Å². The van der Waals surface area contributed by atoms with Gasteiger partial charge in [0.05, 0.1) is 12.7 Å². The lowest BCUT2D eigenvalue weighted by Crippen LogP contribution is -2.25. The summed E-state index contributed by atoms with van der Waals surface area (Å²) in [5.41, 5.74) is 3.25. The molecule has 4 rings (SSSR count). The van der Waals surface area contributed by atoms with Crippen LogP contribution in [0.4, 0.5) is 11.4 Å². The largest absolute Gasteiger partial charge is 0.459 e. The zero-order valence-electron chi connectivity index (χ0n) is 17.0. The number of carbonyl (C=O) groups is 3. The van der Waals surface area contributed by atoms with Crippen LogP contribution in [0.5, 0.6) is 0 Å². The molecule has 2 aromatic carbocycles. The summed E-state index contributed by atoms with van der Waals surface area (Å²) in [5.74, 6) is -0.0489. The first-order valence-electron chi connectivity index (χ1n) is 10.2. The number of furan rings is 1. The lowest BCUT2D eigenvalue weighted by Gasteiger charge is -2.15. The van der Waals surface area contributed by atoms with Crippen molar-refractivity contribution in [1.82, 2.24) is 5.32 Å². The fourth-order valence-electron chi connectivity index (χ4n) is 3.52. The predicted octanol–water partition coefficient (Wildman–Crippen LogP) is 3.52. The molecule has 2 N–H and O–H groups in total. The molecule has 0 aliphatic carbocycles. The highest BCUT2D eigenvalue weighted by Crippen LogP contribution is 2.21. The Morgan fingerprint density at radius 1 is 1.00 bits per heavy atom. The Balaban J connectivity index is 1.28. The Hall–Kier alpha value is -3.87. The van der Waals surface area contributed by atoms with Crippen LogP contribution in [-0.2, 0) is 22.6 Å². The van der Waals surface area contributed by atoms with Gasteiger partial charge in [0, 0.05) is 30.9 Å². The second-order valence-corrected chi connectivity index (χ2v) is 7.40. The summed E-state index contributed by atoms with van der Waals surface area (Å²) in [5, 5.41) is 5.67. The molecule has 1 aromatic heterocycles. The molecule has 1 aliphatic heterocycles. The number of rotatable bonds is 7. The van der Waals surface area contributed by atoms with Crippen molar-refractivity contribution in [1.29, 1.82) is 0 Å². The molecule has 0 atom stereocenters. The maximum Gasteiger partial charge on any atom is 0.291 e. The maximum atomic E-state index is 12.3. The molecule has 0 saturated carbocycles. The molecule has 7 nitrogen and oxygen atoms in total. The summed E-state index contributed by atoms with van der Waals surface area (Å²) in [6.07, 6.45) is 3.18. The van der Waals surface area contributed by atoms with E-state index in [-0.39, 0.29) is 29.9 Å². The van der Waals surface area contributed by atoms with Gasteiger partial charge in [0.2, 0.25) is 11.8 Å². The third kappa shape index (κ3) is 5.19. The van der Waals surface area contributed by atoms with Crippen LogP contribution in [0, 0.1) is 0 Å². The lowest BCUT2D eigenvalue weighted by molar-refractivity contribution is -0.120. The van der Waals surface area contributed by atoms with Crippen molar-refractivity contribution in [3.8, 4) is 0 Å². The van der Waals surface area contributed by atoms with Crippen LogP contribution in [0.1, 0.15) is 34.5 Å². The molecule has 7 heteroatoms. The third-order valence-electron chi connectivity index (χ3n) is 5.11. The molecule has 1 saturated heterocycles. The quantitative estimate of drug-likeness (QED) is 0.615. The highest BCUT2D eigenvalue weighted by Gasteiger charge is 2.21. The standard InChI is InChI=1S/C24H23N3O4/c28-22(15-17-8-10-20(11-9-17)27-12-2-7-23(27)29)25-16-18-4-1-5-19(14-18)26-24(30)21-6-3-13-31-21/h1,3-6,8-11,13-14H,2,7,12,15-16H2,(H,25,28)(H,26,30). The number of amides is 3. The van der Waals surface area contributed by atoms with Gasteiger partial charge in [-0.25, -0.2) is 0 Å². The molecular formula is C24H23N3O4. The zero-order chi connectivity index (χ0) is 21.6. The van der Waals surface area contributed by atoms with Crippen LogP contribution >= 0.6 is 0 Å². The van der Waals surface area contributed by atoms with E-state index < -0.39 is 0 Å². The first kappa shape index (κ1) is 20.4. The average molecular weight is 417 g/mol. The Labute approximate surface area is 180 Å². The Morgan fingerprint density at radius 2 is 1.84 bits per heavy atom. The van der Waals surface area contributed by atoms with E-state index in [0.717, 1.165) is 29.8 Å². The van der Waals surface area contributed by atoms with Crippen molar-refractivity contribution >= 4 is 29.1 Å². The van der Waals surface area contributed by atoms with Gasteiger partial charge in [0.15, 0.2) is 5.76 Å². The SMILES string of the molecule is O=C(Cc1ccc(N2CCCC2=O)cc1)NCc1cccc(NC(=O)c2ccco2)c1. The Bertz CT molecular complexity index is 1070. The summed E-state index contributed by atoms with van der Waals surface area (Å²) in [6, 6.07) is 18.1. The fourth-order valence-corrected chi connectivity index (χ4v) is 3.52. The first-order valence-corrected chi connectivity index (χ1v) is 10.2. The maximum absolute atomic E-state index is 12.3. The highest BCUT2D eigenvalue weighted by molar-refractivity contribution is 6.02. The molecule has 31 heavy (non-hydrogen) atoms. The van der Waals surface area contributed by atoms with Gasteiger partial charge in [-0.2, -0.15) is 0 Å². The van der Waals surface area contributed by atoms with Gasteiger partial charge in [-0.05, 0) is 53.9 Å². The lowest BCUT2D eigenvalue weighted by atomic mass is 10.1. The summed E-state index contributed by atoms with van der Waals surface area (Å²) >= 11 is 0. The number of anilines is 2. The summed E-state index contributed by atoms with van der Waals surface area (Å²) in [7, 11) is 0. The molecule has 158 valence electrons. The van der Waals surface area contributed by atoms with Gasteiger partial charge in [0.1, 0.15) is 0 Å². The third-order valence-corrected chi connectivity index (χ3v) is 5.11. The van der Waals surface area contributed by atoms with Gasteiger partial charge >= 0.3 is 0 Å². The van der Waals surface area contributed by atoms with E-state index in [9.17, 15) is 14.4 Å². The van der Waals surface area contributed by atoms with Crippen LogP contribution in [0.15, 0.2) is 71.3 Å². The summed E-state index contributed by atoms with van der Waals surface area (Å²) in [6.45, 7) is 1.10. The molecule has 1 aliphatic rings. The molecule has 0 spiro atoms. The van der Waals surface area contributed by atoms with Crippen molar-refractivity contribution in [3.63, 3.8) is 0 Å². The van der Waals surface area contributed by atoms with Gasteiger partial charge in [0.25, 0.3) is 5.91 Å². The monoisotopic (exact) mass is 417 g/mol. The van der Waals surface area contributed by atoms with E-state index in [2.05, 4.69) is 10.6 Å². The highest BCUT2D eigenvalue weighted by atomic mass is 16.3. The van der Waals surface area contributed by atoms with E-state index in [0.29, 0.717) is 18.7 Å².